The minimum Gasteiger partial charge on any atom is -0.442 e. The highest BCUT2D eigenvalue weighted by atomic mass is 16.6. The Bertz CT molecular complexity index is 963. The molecule has 0 bridgehead atoms. The number of hydrogen-bond acceptors (Lipinski definition) is 5. The van der Waals surface area contributed by atoms with E-state index in [4.69, 9.17) is 4.74 Å². The molecule has 2 aliphatic rings. The Hall–Kier alpha value is -3.40. The number of nitrogens with one attached hydrogen (secondary N) is 1. The van der Waals surface area contributed by atoms with Gasteiger partial charge in [0.15, 0.2) is 0 Å². The molecular formula is C21H20N4O3. The van der Waals surface area contributed by atoms with Crippen LogP contribution in [0.3, 0.4) is 0 Å². The van der Waals surface area contributed by atoms with Crippen molar-refractivity contribution in [3.63, 3.8) is 0 Å². The van der Waals surface area contributed by atoms with Crippen LogP contribution in [0.2, 0.25) is 0 Å². The maximum Gasteiger partial charge on any atom is 0.414 e. The molecule has 1 aliphatic heterocycles. The van der Waals surface area contributed by atoms with Gasteiger partial charge >= 0.3 is 6.09 Å². The van der Waals surface area contributed by atoms with E-state index in [1.54, 1.807) is 17.3 Å². The number of hydrogen-bond donors (Lipinski definition) is 1. The van der Waals surface area contributed by atoms with Crippen LogP contribution in [-0.2, 0) is 14.9 Å². The first-order chi connectivity index (χ1) is 13.5. The summed E-state index contributed by atoms with van der Waals surface area (Å²) in [5, 5.41) is 12.3. The Balaban J connectivity index is 1.67. The van der Waals surface area contributed by atoms with Crippen LogP contribution >= 0.6 is 0 Å². The first-order valence-corrected chi connectivity index (χ1v) is 9.21. The van der Waals surface area contributed by atoms with E-state index in [2.05, 4.69) is 16.4 Å². The number of cyclic esters (lactones) is 1. The van der Waals surface area contributed by atoms with Crippen molar-refractivity contribution >= 4 is 17.7 Å². The summed E-state index contributed by atoms with van der Waals surface area (Å²) in [6, 6.07) is 12.0. The average molecular weight is 376 g/mol. The van der Waals surface area contributed by atoms with E-state index < -0.39 is 17.6 Å². The van der Waals surface area contributed by atoms with Crippen LogP contribution in [0.25, 0.3) is 11.1 Å². The van der Waals surface area contributed by atoms with Gasteiger partial charge in [0.05, 0.1) is 24.6 Å². The van der Waals surface area contributed by atoms with Crippen molar-refractivity contribution in [1.29, 1.82) is 5.26 Å². The third-order valence-corrected chi connectivity index (χ3v) is 5.22. The molecule has 2 amide bonds. The van der Waals surface area contributed by atoms with Gasteiger partial charge in [0.1, 0.15) is 6.10 Å². The molecule has 1 aromatic heterocycles. The highest BCUT2D eigenvalue weighted by Crippen LogP contribution is 2.51. The molecule has 1 saturated heterocycles. The third kappa shape index (κ3) is 3.29. The van der Waals surface area contributed by atoms with Crippen LogP contribution in [0.5, 0.6) is 0 Å². The van der Waals surface area contributed by atoms with Crippen molar-refractivity contribution in [2.45, 2.75) is 31.3 Å². The lowest BCUT2D eigenvalue weighted by molar-refractivity contribution is -0.119. The van der Waals surface area contributed by atoms with Crippen LogP contribution < -0.4 is 10.2 Å². The molecule has 1 saturated carbocycles. The topological polar surface area (TPSA) is 95.3 Å². The maximum absolute atomic E-state index is 12.4. The lowest BCUT2D eigenvalue weighted by atomic mass is 9.89. The number of anilines is 1. The first-order valence-electron chi connectivity index (χ1n) is 9.21. The van der Waals surface area contributed by atoms with Gasteiger partial charge < -0.3 is 10.1 Å². The molecule has 142 valence electrons. The summed E-state index contributed by atoms with van der Waals surface area (Å²) in [5.41, 5.74) is 3.02. The smallest absolute Gasteiger partial charge is 0.414 e. The van der Waals surface area contributed by atoms with Crippen LogP contribution in [0.4, 0.5) is 10.5 Å². The van der Waals surface area contributed by atoms with Gasteiger partial charge in [-0.25, -0.2) is 4.79 Å². The van der Waals surface area contributed by atoms with E-state index in [9.17, 15) is 14.9 Å². The number of rotatable bonds is 5. The van der Waals surface area contributed by atoms with Crippen LogP contribution in [-0.4, -0.2) is 36.2 Å². The minimum atomic E-state index is -0.455. The van der Waals surface area contributed by atoms with Gasteiger partial charge in [0.25, 0.3) is 0 Å². The maximum atomic E-state index is 12.4. The summed E-state index contributed by atoms with van der Waals surface area (Å²) in [6.07, 6.45) is 4.29. The Labute approximate surface area is 162 Å². The van der Waals surface area contributed by atoms with Gasteiger partial charge in [-0.15, -0.1) is 0 Å². The molecule has 1 N–H and O–H groups in total. The fourth-order valence-electron chi connectivity index (χ4n) is 3.54. The number of carbonyl (C=O) groups is 2. The molecule has 7 heteroatoms. The lowest BCUT2D eigenvalue weighted by Crippen LogP contribution is -2.33. The summed E-state index contributed by atoms with van der Waals surface area (Å²) >= 11 is 0. The normalized spacial score (nSPS) is 19.6. The fraction of sp³-hybridized carbons (Fsp3) is 0.333. The molecule has 4 rings (SSSR count). The van der Waals surface area contributed by atoms with Gasteiger partial charge in [-0.2, -0.15) is 5.26 Å². The molecule has 1 unspecified atom stereocenters. The molecule has 7 nitrogen and oxygen atoms in total. The molecule has 0 spiro atoms. The number of nitrogens with zero attached hydrogens (tertiary/aromatic N) is 3. The van der Waals surface area contributed by atoms with Crippen LogP contribution in [0.15, 0.2) is 42.7 Å². The summed E-state index contributed by atoms with van der Waals surface area (Å²) in [7, 11) is 0. The summed E-state index contributed by atoms with van der Waals surface area (Å²) < 4.78 is 5.36. The van der Waals surface area contributed by atoms with Gasteiger partial charge in [-0.3, -0.25) is 14.7 Å². The standard InChI is InChI=1S/C21H20N4O3/c1-14(26)24-11-17-12-25(20(27)28-17)16-4-5-19(21(13-22)6-7-21)18(9-16)15-3-2-8-23-10-15/h2-5,8-10,17H,6-7,11-12H2,1H3,(H,24,26). The highest BCUT2D eigenvalue weighted by molar-refractivity contribution is 5.91. The van der Waals surface area contributed by atoms with Gasteiger partial charge in [-0.1, -0.05) is 12.1 Å². The SMILES string of the molecule is CC(=O)NCC1CN(c2ccc(C3(C#N)CC3)c(-c3cccnc3)c2)C(=O)O1. The van der Waals surface area contributed by atoms with E-state index >= 15 is 0 Å². The molecule has 28 heavy (non-hydrogen) atoms. The van der Waals surface area contributed by atoms with Gasteiger partial charge in [0, 0.05) is 30.6 Å². The second kappa shape index (κ2) is 6.97. The number of aromatic nitrogens is 1. The molecule has 0 radical (unpaired) electrons. The van der Waals surface area contributed by atoms with Crippen molar-refractivity contribution in [3.8, 4) is 17.2 Å². The average Bonchev–Trinajstić information content (AvgIpc) is 3.42. The number of amides is 2. The zero-order valence-corrected chi connectivity index (χ0v) is 15.5. The van der Waals surface area contributed by atoms with Crippen molar-refractivity contribution in [2.24, 2.45) is 0 Å². The number of ether oxygens (including phenoxy) is 1. The third-order valence-electron chi connectivity index (χ3n) is 5.22. The number of pyridine rings is 1. The minimum absolute atomic E-state index is 0.163. The second-order valence-electron chi connectivity index (χ2n) is 7.22. The summed E-state index contributed by atoms with van der Waals surface area (Å²) in [6.45, 7) is 2.06. The monoisotopic (exact) mass is 376 g/mol. The molecule has 2 aromatic rings. The predicted octanol–water partition coefficient (Wildman–Crippen LogP) is 2.77. The van der Waals surface area contributed by atoms with Crippen molar-refractivity contribution in [1.82, 2.24) is 10.3 Å². The van der Waals surface area contributed by atoms with Gasteiger partial charge in [-0.05, 0) is 42.2 Å². The number of nitriles is 1. The Morgan fingerprint density at radius 3 is 2.89 bits per heavy atom. The van der Waals surface area contributed by atoms with E-state index in [1.165, 1.54) is 6.92 Å². The first kappa shape index (κ1) is 18.0. The quantitative estimate of drug-likeness (QED) is 0.866. The molecule has 1 aromatic carbocycles. The molecule has 2 fully saturated rings. The van der Waals surface area contributed by atoms with Crippen molar-refractivity contribution in [2.75, 3.05) is 18.0 Å². The van der Waals surface area contributed by atoms with Crippen molar-refractivity contribution in [3.05, 3.63) is 48.3 Å². The molecule has 1 aliphatic carbocycles. The van der Waals surface area contributed by atoms with Crippen LogP contribution in [0.1, 0.15) is 25.3 Å². The Kier molecular flexibility index (Phi) is 4.47. The molecule has 2 heterocycles. The van der Waals surface area contributed by atoms with E-state index in [1.807, 2.05) is 30.3 Å². The Morgan fingerprint density at radius 1 is 1.43 bits per heavy atom. The largest absolute Gasteiger partial charge is 0.442 e. The second-order valence-corrected chi connectivity index (χ2v) is 7.22. The predicted molar refractivity (Wildman–Crippen MR) is 102 cm³/mol. The zero-order chi connectivity index (χ0) is 19.7. The van der Waals surface area contributed by atoms with Gasteiger partial charge in [0.2, 0.25) is 5.91 Å². The summed E-state index contributed by atoms with van der Waals surface area (Å²) in [4.78, 5) is 29.2. The van der Waals surface area contributed by atoms with E-state index in [0.29, 0.717) is 12.2 Å². The summed E-state index contributed by atoms with van der Waals surface area (Å²) in [5.74, 6) is -0.163. The van der Waals surface area contributed by atoms with Crippen LogP contribution in [0, 0.1) is 11.3 Å². The molecule has 1 atom stereocenters. The van der Waals surface area contributed by atoms with Crippen molar-refractivity contribution < 1.29 is 14.3 Å². The van der Waals surface area contributed by atoms with E-state index in [-0.39, 0.29) is 12.5 Å². The Morgan fingerprint density at radius 2 is 2.25 bits per heavy atom. The zero-order valence-electron chi connectivity index (χ0n) is 15.5. The number of carbonyl (C=O) groups excluding carboxylic acids is 2. The van der Waals surface area contributed by atoms with E-state index in [0.717, 1.165) is 29.5 Å². The highest BCUT2D eigenvalue weighted by Gasteiger charge is 2.46. The number of benzene rings is 1. The lowest BCUT2D eigenvalue weighted by Gasteiger charge is -2.19. The molecular weight excluding hydrogens is 356 g/mol. The fourth-order valence-corrected chi connectivity index (χ4v) is 3.54.